The first-order valence-electron chi connectivity index (χ1n) is 7.78. The van der Waals surface area contributed by atoms with Crippen molar-refractivity contribution in [2.45, 2.75) is 13.5 Å². The molecule has 0 unspecified atom stereocenters. The van der Waals surface area contributed by atoms with E-state index in [1.807, 2.05) is 31.2 Å². The number of amides is 1. The summed E-state index contributed by atoms with van der Waals surface area (Å²) in [5.41, 5.74) is 3.86. The molecule has 1 amide bonds. The van der Waals surface area contributed by atoms with Crippen molar-refractivity contribution >= 4 is 28.9 Å². The molecular formula is C19H17ClN4O. The zero-order valence-electron chi connectivity index (χ0n) is 13.7. The van der Waals surface area contributed by atoms with Crippen LogP contribution < -0.4 is 10.6 Å². The molecule has 2 aromatic heterocycles. The van der Waals surface area contributed by atoms with Crippen LogP contribution in [0.15, 0.2) is 61.1 Å². The Balaban J connectivity index is 1.63. The Morgan fingerprint density at radius 2 is 2.04 bits per heavy atom. The van der Waals surface area contributed by atoms with Crippen molar-refractivity contribution in [3.63, 3.8) is 0 Å². The van der Waals surface area contributed by atoms with Crippen molar-refractivity contribution in [2.24, 2.45) is 0 Å². The monoisotopic (exact) mass is 352 g/mol. The third kappa shape index (κ3) is 4.55. The number of carbonyl (C=O) groups is 1. The van der Waals surface area contributed by atoms with Crippen LogP contribution in [0.25, 0.3) is 0 Å². The van der Waals surface area contributed by atoms with E-state index in [4.69, 9.17) is 11.6 Å². The SMILES string of the molecule is Cc1ccc(Cl)cc1NC(=O)c1ccc(NCc2cccnc2)cn1. The summed E-state index contributed by atoms with van der Waals surface area (Å²) in [6.07, 6.45) is 5.17. The number of anilines is 2. The lowest BCUT2D eigenvalue weighted by Crippen LogP contribution is -2.14. The topological polar surface area (TPSA) is 66.9 Å². The Hall–Kier alpha value is -2.92. The average molecular weight is 353 g/mol. The molecule has 0 saturated heterocycles. The zero-order valence-corrected chi connectivity index (χ0v) is 14.4. The number of aryl methyl sites for hydroxylation is 1. The van der Waals surface area contributed by atoms with Crippen LogP contribution in [-0.4, -0.2) is 15.9 Å². The average Bonchev–Trinajstić information content (AvgIpc) is 2.64. The maximum atomic E-state index is 12.3. The van der Waals surface area contributed by atoms with E-state index in [1.165, 1.54) is 0 Å². The van der Waals surface area contributed by atoms with E-state index in [0.717, 1.165) is 16.8 Å². The van der Waals surface area contributed by atoms with Crippen LogP contribution in [-0.2, 0) is 6.54 Å². The van der Waals surface area contributed by atoms with Crippen LogP contribution in [0.4, 0.5) is 11.4 Å². The minimum absolute atomic E-state index is 0.274. The summed E-state index contributed by atoms with van der Waals surface area (Å²) in [5, 5.41) is 6.64. The van der Waals surface area contributed by atoms with Gasteiger partial charge in [0.1, 0.15) is 5.69 Å². The van der Waals surface area contributed by atoms with E-state index in [0.29, 0.717) is 22.9 Å². The first kappa shape index (κ1) is 16.9. The van der Waals surface area contributed by atoms with Gasteiger partial charge < -0.3 is 10.6 Å². The van der Waals surface area contributed by atoms with E-state index in [2.05, 4.69) is 20.6 Å². The zero-order chi connectivity index (χ0) is 17.6. The highest BCUT2D eigenvalue weighted by molar-refractivity contribution is 6.31. The van der Waals surface area contributed by atoms with Gasteiger partial charge in [0.05, 0.1) is 11.9 Å². The molecular weight excluding hydrogens is 336 g/mol. The fourth-order valence-electron chi connectivity index (χ4n) is 2.25. The first-order chi connectivity index (χ1) is 12.1. The van der Waals surface area contributed by atoms with Gasteiger partial charge in [0.25, 0.3) is 5.91 Å². The van der Waals surface area contributed by atoms with Crippen LogP contribution in [0.1, 0.15) is 21.6 Å². The standard InChI is InChI=1S/C19H17ClN4O/c1-13-4-5-15(20)9-18(13)24-19(25)17-7-6-16(12-23-17)22-11-14-3-2-8-21-10-14/h2-10,12,22H,11H2,1H3,(H,24,25). The lowest BCUT2D eigenvalue weighted by Gasteiger charge is -2.09. The summed E-state index contributed by atoms with van der Waals surface area (Å²) in [6.45, 7) is 2.55. The number of carbonyl (C=O) groups excluding carboxylic acids is 1. The van der Waals surface area contributed by atoms with Gasteiger partial charge >= 0.3 is 0 Å². The quantitative estimate of drug-likeness (QED) is 0.718. The van der Waals surface area contributed by atoms with Gasteiger partial charge in [0.2, 0.25) is 0 Å². The van der Waals surface area contributed by atoms with Crippen molar-refractivity contribution in [3.8, 4) is 0 Å². The van der Waals surface area contributed by atoms with Crippen molar-refractivity contribution in [1.29, 1.82) is 0 Å². The van der Waals surface area contributed by atoms with Crippen molar-refractivity contribution < 1.29 is 4.79 Å². The van der Waals surface area contributed by atoms with Gasteiger partial charge in [-0.15, -0.1) is 0 Å². The minimum Gasteiger partial charge on any atom is -0.380 e. The number of halogens is 1. The van der Waals surface area contributed by atoms with E-state index in [-0.39, 0.29) is 5.91 Å². The molecule has 2 N–H and O–H groups in total. The smallest absolute Gasteiger partial charge is 0.274 e. The summed E-state index contributed by atoms with van der Waals surface area (Å²) in [4.78, 5) is 20.6. The number of nitrogens with one attached hydrogen (secondary N) is 2. The molecule has 0 spiro atoms. The van der Waals surface area contributed by atoms with Crippen molar-refractivity contribution in [3.05, 3.63) is 82.9 Å². The van der Waals surface area contributed by atoms with Crippen molar-refractivity contribution in [1.82, 2.24) is 9.97 Å². The Bertz CT molecular complexity index is 866. The number of hydrogen-bond donors (Lipinski definition) is 2. The van der Waals surface area contributed by atoms with E-state index in [9.17, 15) is 4.79 Å². The summed E-state index contributed by atoms with van der Waals surface area (Å²) in [7, 11) is 0. The van der Waals surface area contributed by atoms with Gasteiger partial charge in [0, 0.05) is 29.6 Å². The Morgan fingerprint density at radius 3 is 2.76 bits per heavy atom. The molecule has 0 aliphatic rings. The number of rotatable bonds is 5. The van der Waals surface area contributed by atoms with Gasteiger partial charge in [-0.3, -0.25) is 9.78 Å². The Morgan fingerprint density at radius 1 is 1.16 bits per heavy atom. The second-order valence-corrected chi connectivity index (χ2v) is 6.00. The third-order valence-electron chi connectivity index (χ3n) is 3.66. The van der Waals surface area contributed by atoms with Crippen LogP contribution in [0.5, 0.6) is 0 Å². The number of benzene rings is 1. The van der Waals surface area contributed by atoms with E-state index in [1.54, 1.807) is 36.8 Å². The predicted molar refractivity (Wildman–Crippen MR) is 99.9 cm³/mol. The second kappa shape index (κ2) is 7.77. The molecule has 5 nitrogen and oxygen atoms in total. The molecule has 3 aromatic rings. The number of pyridine rings is 2. The molecule has 6 heteroatoms. The molecule has 0 saturated carbocycles. The largest absolute Gasteiger partial charge is 0.380 e. The molecule has 126 valence electrons. The molecule has 2 heterocycles. The summed E-state index contributed by atoms with van der Waals surface area (Å²) < 4.78 is 0. The molecule has 0 bridgehead atoms. The summed E-state index contributed by atoms with van der Waals surface area (Å²) >= 11 is 5.97. The number of aromatic nitrogens is 2. The normalized spacial score (nSPS) is 10.3. The highest BCUT2D eigenvalue weighted by atomic mass is 35.5. The molecule has 0 fully saturated rings. The molecule has 0 aliphatic heterocycles. The second-order valence-electron chi connectivity index (χ2n) is 5.56. The van der Waals surface area contributed by atoms with Gasteiger partial charge in [-0.2, -0.15) is 0 Å². The number of nitrogens with zero attached hydrogens (tertiary/aromatic N) is 2. The Labute approximate surface area is 151 Å². The Kier molecular flexibility index (Phi) is 5.26. The van der Waals surface area contributed by atoms with Gasteiger partial charge in [-0.05, 0) is 48.4 Å². The maximum Gasteiger partial charge on any atom is 0.274 e. The molecule has 3 rings (SSSR count). The summed E-state index contributed by atoms with van der Waals surface area (Å²) in [6, 6.07) is 12.7. The highest BCUT2D eigenvalue weighted by Gasteiger charge is 2.09. The predicted octanol–water partition coefficient (Wildman–Crippen LogP) is 4.30. The van der Waals surface area contributed by atoms with E-state index >= 15 is 0 Å². The minimum atomic E-state index is -0.274. The van der Waals surface area contributed by atoms with Gasteiger partial charge in [-0.25, -0.2) is 4.98 Å². The van der Waals surface area contributed by atoms with Gasteiger partial charge in [-0.1, -0.05) is 23.7 Å². The molecule has 1 aromatic carbocycles. The van der Waals surface area contributed by atoms with Crippen LogP contribution in [0.2, 0.25) is 5.02 Å². The molecule has 0 radical (unpaired) electrons. The fraction of sp³-hybridized carbons (Fsp3) is 0.105. The number of hydrogen-bond acceptors (Lipinski definition) is 4. The fourth-order valence-corrected chi connectivity index (χ4v) is 2.43. The maximum absolute atomic E-state index is 12.3. The molecule has 0 atom stereocenters. The van der Waals surface area contributed by atoms with Crippen LogP contribution in [0.3, 0.4) is 0 Å². The van der Waals surface area contributed by atoms with Gasteiger partial charge in [0.15, 0.2) is 0 Å². The molecule has 0 aliphatic carbocycles. The van der Waals surface area contributed by atoms with Crippen LogP contribution >= 0.6 is 11.6 Å². The lowest BCUT2D eigenvalue weighted by atomic mass is 10.2. The summed E-state index contributed by atoms with van der Waals surface area (Å²) in [5.74, 6) is -0.274. The van der Waals surface area contributed by atoms with E-state index < -0.39 is 0 Å². The van der Waals surface area contributed by atoms with Crippen LogP contribution in [0, 0.1) is 6.92 Å². The molecule has 25 heavy (non-hydrogen) atoms. The van der Waals surface area contributed by atoms with Crippen molar-refractivity contribution in [2.75, 3.05) is 10.6 Å². The highest BCUT2D eigenvalue weighted by Crippen LogP contribution is 2.20. The third-order valence-corrected chi connectivity index (χ3v) is 3.90. The first-order valence-corrected chi connectivity index (χ1v) is 8.16. The lowest BCUT2D eigenvalue weighted by molar-refractivity contribution is 0.102.